The van der Waals surface area contributed by atoms with E-state index in [1.165, 1.54) is 0 Å². The van der Waals surface area contributed by atoms with Crippen molar-refractivity contribution in [3.05, 3.63) is 108 Å². The average Bonchev–Trinajstić information content (AvgIpc) is 2.74. The van der Waals surface area contributed by atoms with Gasteiger partial charge in [-0.25, -0.2) is 9.59 Å². The molecule has 4 aromatic rings. The van der Waals surface area contributed by atoms with Crippen molar-refractivity contribution in [2.45, 2.75) is 0 Å². The third-order valence-electron chi connectivity index (χ3n) is 4.26. The van der Waals surface area contributed by atoms with Gasteiger partial charge in [-0.15, -0.1) is 0 Å². The molecule has 4 rings (SSSR count). The molecule has 0 saturated carbocycles. The van der Waals surface area contributed by atoms with Crippen LogP contribution in [0.25, 0.3) is 10.8 Å². The average molecular weight is 368 g/mol. The minimum Gasteiger partial charge on any atom is -0.423 e. The Bertz CT molecular complexity index is 1140. The molecule has 0 aliphatic rings. The number of carbonyl (C=O) groups excluding carboxylic acids is 2. The summed E-state index contributed by atoms with van der Waals surface area (Å²) in [6.07, 6.45) is 0. The van der Waals surface area contributed by atoms with E-state index in [1.807, 2.05) is 30.3 Å². The van der Waals surface area contributed by atoms with Crippen LogP contribution in [-0.4, -0.2) is 11.9 Å². The Morgan fingerprint density at radius 3 is 1.71 bits per heavy atom. The lowest BCUT2D eigenvalue weighted by Crippen LogP contribution is -2.18. The van der Waals surface area contributed by atoms with E-state index in [4.69, 9.17) is 9.47 Å². The van der Waals surface area contributed by atoms with Crippen LogP contribution in [-0.2, 0) is 0 Å². The number of para-hydroxylation sites is 2. The zero-order valence-electron chi connectivity index (χ0n) is 14.9. The lowest BCUT2D eigenvalue weighted by atomic mass is 9.99. The molecule has 0 N–H and O–H groups in total. The molecule has 0 aromatic heterocycles. The first-order chi connectivity index (χ1) is 13.7. The van der Waals surface area contributed by atoms with Gasteiger partial charge in [0, 0.05) is 0 Å². The lowest BCUT2D eigenvalue weighted by Gasteiger charge is -2.12. The number of fused-ring (bicyclic) bond motifs is 1. The first-order valence-corrected chi connectivity index (χ1v) is 8.78. The SMILES string of the molecule is O=C(Oc1ccccc1)c1ccc2ccccc2c1C(=O)Oc1ccccc1. The molecular formula is C24H16O4. The summed E-state index contributed by atoms with van der Waals surface area (Å²) in [5.74, 6) is -0.411. The van der Waals surface area contributed by atoms with Crippen molar-refractivity contribution in [1.82, 2.24) is 0 Å². The smallest absolute Gasteiger partial charge is 0.345 e. The van der Waals surface area contributed by atoms with Crippen LogP contribution in [0.1, 0.15) is 20.7 Å². The van der Waals surface area contributed by atoms with Crippen molar-refractivity contribution in [2.24, 2.45) is 0 Å². The van der Waals surface area contributed by atoms with Crippen molar-refractivity contribution in [2.75, 3.05) is 0 Å². The number of hydrogen-bond donors (Lipinski definition) is 0. The van der Waals surface area contributed by atoms with Gasteiger partial charge >= 0.3 is 11.9 Å². The zero-order chi connectivity index (χ0) is 19.3. The van der Waals surface area contributed by atoms with Crippen LogP contribution in [0.5, 0.6) is 11.5 Å². The van der Waals surface area contributed by atoms with Crippen LogP contribution in [0.15, 0.2) is 97.1 Å². The van der Waals surface area contributed by atoms with E-state index in [2.05, 4.69) is 0 Å². The summed E-state index contributed by atoms with van der Waals surface area (Å²) in [5, 5.41) is 1.46. The number of benzene rings is 4. The number of ether oxygens (including phenoxy) is 2. The van der Waals surface area contributed by atoms with Crippen molar-refractivity contribution in [3.63, 3.8) is 0 Å². The van der Waals surface area contributed by atoms with Crippen molar-refractivity contribution in [1.29, 1.82) is 0 Å². The maximum Gasteiger partial charge on any atom is 0.345 e. The van der Waals surface area contributed by atoms with Gasteiger partial charge in [-0.2, -0.15) is 0 Å². The quantitative estimate of drug-likeness (QED) is 0.363. The molecule has 0 radical (unpaired) electrons. The second-order valence-electron chi connectivity index (χ2n) is 6.11. The first kappa shape index (κ1) is 17.5. The largest absolute Gasteiger partial charge is 0.423 e. The van der Waals surface area contributed by atoms with Gasteiger partial charge in [-0.05, 0) is 41.1 Å². The molecule has 0 aliphatic heterocycles. The van der Waals surface area contributed by atoms with E-state index in [1.54, 1.807) is 66.7 Å². The van der Waals surface area contributed by atoms with Gasteiger partial charge in [0.05, 0.1) is 11.1 Å². The monoisotopic (exact) mass is 368 g/mol. The van der Waals surface area contributed by atoms with Gasteiger partial charge in [0.25, 0.3) is 0 Å². The van der Waals surface area contributed by atoms with E-state index in [-0.39, 0.29) is 11.1 Å². The molecule has 0 fully saturated rings. The molecule has 4 heteroatoms. The van der Waals surface area contributed by atoms with E-state index in [0.717, 1.165) is 5.39 Å². The number of hydrogen-bond acceptors (Lipinski definition) is 4. The summed E-state index contributed by atoms with van der Waals surface area (Å²) in [4.78, 5) is 25.8. The second-order valence-corrected chi connectivity index (χ2v) is 6.11. The molecule has 0 spiro atoms. The Labute approximate surface area is 162 Å². The topological polar surface area (TPSA) is 52.6 Å². The van der Waals surface area contributed by atoms with Crippen LogP contribution >= 0.6 is 0 Å². The van der Waals surface area contributed by atoms with Crippen LogP contribution in [0, 0.1) is 0 Å². The maximum absolute atomic E-state index is 13.0. The Morgan fingerprint density at radius 1 is 0.536 bits per heavy atom. The highest BCUT2D eigenvalue weighted by Crippen LogP contribution is 2.26. The first-order valence-electron chi connectivity index (χ1n) is 8.78. The van der Waals surface area contributed by atoms with E-state index >= 15 is 0 Å². The van der Waals surface area contributed by atoms with Crippen LogP contribution in [0.3, 0.4) is 0 Å². The molecule has 0 unspecified atom stereocenters. The minimum absolute atomic E-state index is 0.156. The molecule has 4 nitrogen and oxygen atoms in total. The molecule has 0 saturated heterocycles. The van der Waals surface area contributed by atoms with Crippen LogP contribution in [0.2, 0.25) is 0 Å². The van der Waals surface area contributed by atoms with Crippen LogP contribution in [0.4, 0.5) is 0 Å². The standard InChI is InChI=1S/C24H16O4/c25-23(27-18-10-3-1-4-11-18)21-16-15-17-9-7-8-14-20(17)22(21)24(26)28-19-12-5-2-6-13-19/h1-16H. The molecule has 0 bridgehead atoms. The number of rotatable bonds is 4. The highest BCUT2D eigenvalue weighted by Gasteiger charge is 2.23. The fourth-order valence-corrected chi connectivity index (χ4v) is 2.96. The predicted octanol–water partition coefficient (Wildman–Crippen LogP) is 5.28. The highest BCUT2D eigenvalue weighted by molar-refractivity contribution is 6.13. The molecule has 0 amide bonds. The number of carbonyl (C=O) groups is 2. The van der Waals surface area contributed by atoms with Gasteiger partial charge in [0.2, 0.25) is 0 Å². The Balaban J connectivity index is 1.77. The fourth-order valence-electron chi connectivity index (χ4n) is 2.96. The van der Waals surface area contributed by atoms with Crippen molar-refractivity contribution < 1.29 is 19.1 Å². The van der Waals surface area contributed by atoms with Crippen LogP contribution < -0.4 is 9.47 Å². The summed E-state index contributed by atoms with van der Waals surface area (Å²) in [5.41, 5.74) is 0.339. The summed E-state index contributed by atoms with van der Waals surface area (Å²) in [7, 11) is 0. The van der Waals surface area contributed by atoms with E-state index < -0.39 is 11.9 Å². The molecule has 0 atom stereocenters. The van der Waals surface area contributed by atoms with E-state index in [9.17, 15) is 9.59 Å². The molecule has 28 heavy (non-hydrogen) atoms. The summed E-state index contributed by atoms with van der Waals surface area (Å²) >= 11 is 0. The van der Waals surface area contributed by atoms with E-state index in [0.29, 0.717) is 16.9 Å². The lowest BCUT2D eigenvalue weighted by molar-refractivity contribution is 0.0693. The third kappa shape index (κ3) is 3.62. The zero-order valence-corrected chi connectivity index (χ0v) is 14.9. The van der Waals surface area contributed by atoms with Gasteiger partial charge in [-0.1, -0.05) is 66.7 Å². The Hall–Kier alpha value is -3.92. The predicted molar refractivity (Wildman–Crippen MR) is 107 cm³/mol. The molecular weight excluding hydrogens is 352 g/mol. The van der Waals surface area contributed by atoms with Gasteiger partial charge in [0.15, 0.2) is 0 Å². The van der Waals surface area contributed by atoms with Gasteiger partial charge < -0.3 is 9.47 Å². The third-order valence-corrected chi connectivity index (χ3v) is 4.26. The molecule has 0 aliphatic carbocycles. The Morgan fingerprint density at radius 2 is 1.07 bits per heavy atom. The van der Waals surface area contributed by atoms with Gasteiger partial charge in [-0.3, -0.25) is 0 Å². The highest BCUT2D eigenvalue weighted by atomic mass is 16.5. The molecule has 0 heterocycles. The molecule has 4 aromatic carbocycles. The Kier molecular flexibility index (Phi) is 4.85. The minimum atomic E-state index is -0.614. The maximum atomic E-state index is 13.0. The summed E-state index contributed by atoms with van der Waals surface area (Å²) in [6.45, 7) is 0. The second kappa shape index (κ2) is 7.76. The summed E-state index contributed by atoms with van der Waals surface area (Å²) in [6, 6.07) is 28.2. The van der Waals surface area contributed by atoms with Crippen molar-refractivity contribution >= 4 is 22.7 Å². The van der Waals surface area contributed by atoms with Gasteiger partial charge in [0.1, 0.15) is 11.5 Å². The fraction of sp³-hybridized carbons (Fsp3) is 0. The summed E-state index contributed by atoms with van der Waals surface area (Å²) < 4.78 is 10.9. The normalized spacial score (nSPS) is 10.4. The van der Waals surface area contributed by atoms with Crippen molar-refractivity contribution in [3.8, 4) is 11.5 Å². The number of esters is 2. The molecule has 136 valence electrons.